The first-order valence-corrected chi connectivity index (χ1v) is 16.3. The molecule has 4 unspecified atom stereocenters. The zero-order valence-electron chi connectivity index (χ0n) is 23.7. The average molecular weight is 613 g/mol. The number of benzene rings is 3. The molecule has 7 rings (SSSR count). The summed E-state index contributed by atoms with van der Waals surface area (Å²) in [5, 5.41) is 16.2. The van der Waals surface area contributed by atoms with E-state index in [0.717, 1.165) is 27.1 Å². The number of ether oxygens (including phenoxy) is 4. The number of rotatable bonds is 12. The average Bonchev–Trinajstić information content (AvgIpc) is 3.30. The molecule has 0 radical (unpaired) electrons. The molecule has 9 heteroatoms. The van der Waals surface area contributed by atoms with E-state index >= 15 is 0 Å². The highest BCUT2D eigenvalue weighted by molar-refractivity contribution is 7.98. The van der Waals surface area contributed by atoms with Crippen molar-refractivity contribution in [1.29, 1.82) is 0 Å². The van der Waals surface area contributed by atoms with Crippen molar-refractivity contribution in [2.24, 2.45) is 5.41 Å². The first-order valence-electron chi connectivity index (χ1n) is 14.2. The summed E-state index contributed by atoms with van der Waals surface area (Å²) < 4.78 is 26.2. The summed E-state index contributed by atoms with van der Waals surface area (Å²) >= 11 is 2.96. The van der Waals surface area contributed by atoms with E-state index < -0.39 is 23.4 Å². The van der Waals surface area contributed by atoms with Gasteiger partial charge in [0.2, 0.25) is 5.79 Å². The number of nitrogens with zero attached hydrogens (tertiary/aromatic N) is 2. The van der Waals surface area contributed by atoms with Crippen LogP contribution in [-0.4, -0.2) is 46.2 Å². The van der Waals surface area contributed by atoms with Crippen LogP contribution in [0.1, 0.15) is 21.6 Å². The summed E-state index contributed by atoms with van der Waals surface area (Å²) in [7, 11) is 0. The van der Waals surface area contributed by atoms with Gasteiger partial charge in [0.25, 0.3) is 0 Å². The number of aliphatic hydroxyl groups is 1. The number of fused-ring (bicyclic) bond motifs is 2. The molecule has 2 aliphatic rings. The maximum Gasteiger partial charge on any atom is 0.232 e. The fraction of sp³-hybridized carbons (Fsp3) is 0.294. The predicted molar refractivity (Wildman–Crippen MR) is 167 cm³/mol. The Labute approximate surface area is 258 Å². The summed E-state index contributed by atoms with van der Waals surface area (Å²) in [4.78, 5) is 9.61. The van der Waals surface area contributed by atoms with Gasteiger partial charge in [-0.1, -0.05) is 91.0 Å². The molecule has 1 aliphatic carbocycles. The highest BCUT2D eigenvalue weighted by Crippen LogP contribution is 2.67. The number of aromatic nitrogens is 2. The van der Waals surface area contributed by atoms with Gasteiger partial charge in [-0.05, 0) is 22.9 Å². The van der Waals surface area contributed by atoms with Crippen molar-refractivity contribution in [1.82, 2.24) is 9.97 Å². The summed E-state index contributed by atoms with van der Waals surface area (Å²) in [5.41, 5.74) is 3.07. The lowest BCUT2D eigenvalue weighted by molar-refractivity contribution is -0.270. The lowest BCUT2D eigenvalue weighted by atomic mass is 9.92. The van der Waals surface area contributed by atoms with Crippen molar-refractivity contribution in [3.63, 3.8) is 0 Å². The Bertz CT molecular complexity index is 1670. The minimum absolute atomic E-state index is 0.294. The van der Waals surface area contributed by atoms with E-state index in [1.54, 1.807) is 11.8 Å². The molecule has 3 heterocycles. The van der Waals surface area contributed by atoms with Gasteiger partial charge in [0.15, 0.2) is 0 Å². The Kier molecular flexibility index (Phi) is 8.04. The number of hydrogen-bond donors (Lipinski definition) is 1. The molecule has 1 saturated heterocycles. The molecule has 0 amide bonds. The predicted octanol–water partition coefficient (Wildman–Crippen LogP) is 6.34. The normalized spacial score (nSPS) is 26.0. The van der Waals surface area contributed by atoms with Crippen molar-refractivity contribution < 1.29 is 24.1 Å². The van der Waals surface area contributed by atoms with E-state index in [1.165, 1.54) is 17.7 Å². The molecule has 0 bridgehead atoms. The monoisotopic (exact) mass is 612 g/mol. The van der Waals surface area contributed by atoms with Crippen LogP contribution in [0.15, 0.2) is 108 Å². The molecule has 220 valence electrons. The number of thioether (sulfide) groups is 1. The Hall–Kier alpha value is -3.15. The third kappa shape index (κ3) is 5.29. The van der Waals surface area contributed by atoms with E-state index in [4.69, 9.17) is 18.9 Å². The molecule has 3 aromatic carbocycles. The van der Waals surface area contributed by atoms with Gasteiger partial charge in [0.1, 0.15) is 23.6 Å². The van der Waals surface area contributed by atoms with Crippen LogP contribution in [0.2, 0.25) is 0 Å². The fourth-order valence-electron chi connectivity index (χ4n) is 6.09. The van der Waals surface area contributed by atoms with Crippen LogP contribution in [0.25, 0.3) is 10.9 Å². The molecule has 2 aromatic heterocycles. The summed E-state index contributed by atoms with van der Waals surface area (Å²) in [6.07, 6.45) is 1.97. The third-order valence-electron chi connectivity index (χ3n) is 8.25. The van der Waals surface area contributed by atoms with Gasteiger partial charge in [0.05, 0.1) is 48.3 Å². The molecule has 2 fully saturated rings. The molecule has 7 nitrogen and oxygen atoms in total. The first kappa shape index (κ1) is 28.6. The van der Waals surface area contributed by atoms with Crippen molar-refractivity contribution in [2.75, 3.05) is 12.9 Å². The van der Waals surface area contributed by atoms with Crippen LogP contribution in [-0.2, 0) is 44.6 Å². The van der Waals surface area contributed by atoms with E-state index in [0.29, 0.717) is 36.8 Å². The minimum Gasteiger partial charge on any atom is -0.376 e. The molecule has 0 spiro atoms. The lowest BCUT2D eigenvalue weighted by Gasteiger charge is -2.35. The summed E-state index contributed by atoms with van der Waals surface area (Å²) in [6, 6.07) is 30.1. The second kappa shape index (κ2) is 12.1. The van der Waals surface area contributed by atoms with Gasteiger partial charge in [0, 0.05) is 10.8 Å². The van der Waals surface area contributed by atoms with Crippen LogP contribution < -0.4 is 0 Å². The Balaban J connectivity index is 1.24. The van der Waals surface area contributed by atoms with Crippen LogP contribution >= 0.6 is 23.1 Å². The highest BCUT2D eigenvalue weighted by Gasteiger charge is 2.83. The fourth-order valence-corrected chi connectivity index (χ4v) is 7.75. The topological polar surface area (TPSA) is 82.9 Å². The van der Waals surface area contributed by atoms with E-state index in [-0.39, 0.29) is 6.10 Å². The lowest BCUT2D eigenvalue weighted by Crippen LogP contribution is -2.47. The maximum absolute atomic E-state index is 12.5. The largest absolute Gasteiger partial charge is 0.376 e. The molecule has 43 heavy (non-hydrogen) atoms. The smallest absolute Gasteiger partial charge is 0.232 e. The van der Waals surface area contributed by atoms with Gasteiger partial charge in [-0.15, -0.1) is 23.1 Å². The molecule has 5 aromatic rings. The van der Waals surface area contributed by atoms with Crippen LogP contribution in [0.3, 0.4) is 0 Å². The zero-order valence-corrected chi connectivity index (χ0v) is 25.3. The van der Waals surface area contributed by atoms with E-state index in [2.05, 4.69) is 9.97 Å². The Morgan fingerprint density at radius 1 is 0.837 bits per heavy atom. The molecular weight excluding hydrogens is 581 g/mol. The van der Waals surface area contributed by atoms with Crippen molar-refractivity contribution in [3.8, 4) is 0 Å². The van der Waals surface area contributed by atoms with Crippen LogP contribution in [0.4, 0.5) is 0 Å². The highest BCUT2D eigenvalue weighted by atomic mass is 32.2. The van der Waals surface area contributed by atoms with E-state index in [9.17, 15) is 5.11 Å². The maximum atomic E-state index is 12.5. The molecule has 1 N–H and O–H groups in total. The first-order chi connectivity index (χ1) is 21.1. The summed E-state index contributed by atoms with van der Waals surface area (Å²) in [5.74, 6) is -1.75. The second-order valence-electron chi connectivity index (χ2n) is 10.9. The van der Waals surface area contributed by atoms with Crippen molar-refractivity contribution in [2.45, 2.75) is 48.9 Å². The molecule has 1 saturated carbocycles. The van der Waals surface area contributed by atoms with Gasteiger partial charge < -0.3 is 24.1 Å². The third-order valence-corrected chi connectivity index (χ3v) is 10.0. The molecular formula is C34H32N2O5S2. The van der Waals surface area contributed by atoms with Gasteiger partial charge in [-0.2, -0.15) is 0 Å². The second-order valence-corrected chi connectivity index (χ2v) is 12.6. The van der Waals surface area contributed by atoms with Crippen molar-refractivity contribution >= 4 is 34.0 Å². The SMILES string of the molecule is CSc1ncnc2c(C3(O)O[C@@H]4C(OCc5ccccc5)C4(COCc4ccccc4)C3OCc3ccccc3)scc12. The van der Waals surface area contributed by atoms with Gasteiger partial charge >= 0.3 is 0 Å². The summed E-state index contributed by atoms with van der Waals surface area (Å²) in [6.45, 7) is 1.44. The van der Waals surface area contributed by atoms with Gasteiger partial charge in [-0.3, -0.25) is 0 Å². The van der Waals surface area contributed by atoms with Crippen LogP contribution in [0, 0.1) is 5.41 Å². The zero-order chi connectivity index (χ0) is 29.3. The van der Waals surface area contributed by atoms with Gasteiger partial charge in [-0.25, -0.2) is 9.97 Å². The molecule has 5 atom stereocenters. The van der Waals surface area contributed by atoms with Crippen LogP contribution in [0.5, 0.6) is 0 Å². The molecule has 1 aliphatic heterocycles. The quantitative estimate of drug-likeness (QED) is 0.129. The number of thiophene rings is 1. The minimum atomic E-state index is -1.75. The van der Waals surface area contributed by atoms with E-state index in [1.807, 2.05) is 103 Å². The Morgan fingerprint density at radius 3 is 2.07 bits per heavy atom. The van der Waals surface area contributed by atoms with Crippen molar-refractivity contribution in [3.05, 3.63) is 124 Å². The number of hydrogen-bond acceptors (Lipinski definition) is 9. The standard InChI is InChI=1S/C34H32N2O5S2/c1-42-31-26-20-43-30(27(26)35-22-36-31)34(37)32(40-19-25-15-9-4-10-16-25)33(21-38-17-23-11-5-2-6-12-23)28(29(33)41-34)39-18-24-13-7-3-8-14-24/h2-16,20,22,28-29,32,37H,17-19,21H2,1H3/t28?,29-,32?,33?,34?/m1/s1. The Morgan fingerprint density at radius 2 is 1.44 bits per heavy atom.